The quantitative estimate of drug-likeness (QED) is 0.670. The fourth-order valence-electron chi connectivity index (χ4n) is 2.70. The molecule has 0 aromatic carbocycles. The number of amides is 1. The molecular weight excluding hydrogens is 250 g/mol. The number of carbonyl (C=O) groups excluding carboxylic acids is 1. The molecule has 1 aliphatic heterocycles. The number of nitrogens with two attached hydrogens (primary N) is 1. The molecule has 1 saturated heterocycles. The summed E-state index contributed by atoms with van der Waals surface area (Å²) < 4.78 is 0. The number of hydrogen-bond acceptors (Lipinski definition) is 3. The van der Waals surface area contributed by atoms with Crippen molar-refractivity contribution in [1.29, 1.82) is 0 Å². The van der Waals surface area contributed by atoms with Crippen molar-refractivity contribution < 1.29 is 4.79 Å². The van der Waals surface area contributed by atoms with Gasteiger partial charge in [-0.1, -0.05) is 20.8 Å². The van der Waals surface area contributed by atoms with Gasteiger partial charge in [0.1, 0.15) is 0 Å². The second kappa shape index (κ2) is 9.35. The summed E-state index contributed by atoms with van der Waals surface area (Å²) in [6.45, 7) is 10.9. The number of piperidine rings is 1. The van der Waals surface area contributed by atoms with Gasteiger partial charge in [0, 0.05) is 6.54 Å². The molecule has 118 valence electrons. The van der Waals surface area contributed by atoms with Crippen LogP contribution in [0.5, 0.6) is 0 Å². The first-order valence-electron chi connectivity index (χ1n) is 8.24. The summed E-state index contributed by atoms with van der Waals surface area (Å²) in [7, 11) is 0. The van der Waals surface area contributed by atoms with Crippen LogP contribution in [0.15, 0.2) is 0 Å². The van der Waals surface area contributed by atoms with Crippen LogP contribution in [0.1, 0.15) is 52.9 Å². The summed E-state index contributed by atoms with van der Waals surface area (Å²) in [5.41, 5.74) is 5.84. The van der Waals surface area contributed by atoms with Gasteiger partial charge in [0.2, 0.25) is 5.91 Å². The Kier molecular flexibility index (Phi) is 8.15. The Morgan fingerprint density at radius 1 is 1.30 bits per heavy atom. The Morgan fingerprint density at radius 2 is 1.95 bits per heavy atom. The van der Waals surface area contributed by atoms with Crippen molar-refractivity contribution in [2.45, 2.75) is 58.9 Å². The average molecular weight is 283 g/mol. The number of nitrogens with zero attached hydrogens (tertiary/aromatic N) is 1. The van der Waals surface area contributed by atoms with Crippen LogP contribution in [-0.2, 0) is 4.79 Å². The van der Waals surface area contributed by atoms with Crippen LogP contribution in [0, 0.1) is 11.8 Å². The standard InChI is InChI=1S/C16H33N3O/c1-13(2)12-15(17)16(20)18-8-4-5-9-19-10-6-14(3)7-11-19/h13-15H,4-12,17H2,1-3H3,(H,18,20)/t15-/m0/s1. The molecule has 1 fully saturated rings. The van der Waals surface area contributed by atoms with Gasteiger partial charge in [0.05, 0.1) is 6.04 Å². The van der Waals surface area contributed by atoms with Crippen molar-refractivity contribution in [2.24, 2.45) is 17.6 Å². The zero-order valence-corrected chi connectivity index (χ0v) is 13.5. The fourth-order valence-corrected chi connectivity index (χ4v) is 2.70. The summed E-state index contributed by atoms with van der Waals surface area (Å²) >= 11 is 0. The summed E-state index contributed by atoms with van der Waals surface area (Å²) in [5, 5.41) is 2.95. The molecule has 20 heavy (non-hydrogen) atoms. The van der Waals surface area contributed by atoms with Crippen LogP contribution < -0.4 is 11.1 Å². The lowest BCUT2D eigenvalue weighted by atomic mass is 9.99. The fraction of sp³-hybridized carbons (Fsp3) is 0.938. The SMILES string of the molecule is CC(C)C[C@H](N)C(=O)NCCCCN1CCC(C)CC1. The van der Waals surface area contributed by atoms with E-state index in [9.17, 15) is 4.79 Å². The lowest BCUT2D eigenvalue weighted by Gasteiger charge is -2.30. The molecule has 0 bridgehead atoms. The summed E-state index contributed by atoms with van der Waals surface area (Å²) in [4.78, 5) is 14.3. The molecule has 0 aliphatic carbocycles. The normalized spacial score (nSPS) is 19.2. The second-order valence-electron chi connectivity index (χ2n) is 6.76. The highest BCUT2D eigenvalue weighted by Crippen LogP contribution is 2.16. The van der Waals surface area contributed by atoms with Gasteiger partial charge in [-0.2, -0.15) is 0 Å². The van der Waals surface area contributed by atoms with Crippen LogP contribution >= 0.6 is 0 Å². The Bertz CT molecular complexity index is 273. The number of rotatable bonds is 8. The number of likely N-dealkylation sites (tertiary alicyclic amines) is 1. The molecular formula is C16H33N3O. The van der Waals surface area contributed by atoms with Gasteiger partial charge in [0.25, 0.3) is 0 Å². The Hall–Kier alpha value is -0.610. The number of nitrogens with one attached hydrogen (secondary N) is 1. The second-order valence-corrected chi connectivity index (χ2v) is 6.76. The lowest BCUT2D eigenvalue weighted by molar-refractivity contribution is -0.122. The molecule has 4 heteroatoms. The van der Waals surface area contributed by atoms with E-state index in [0.29, 0.717) is 5.92 Å². The van der Waals surface area contributed by atoms with E-state index in [1.165, 1.54) is 32.5 Å². The zero-order valence-electron chi connectivity index (χ0n) is 13.5. The third kappa shape index (κ3) is 7.25. The van der Waals surface area contributed by atoms with E-state index < -0.39 is 0 Å². The molecule has 0 radical (unpaired) electrons. The highest BCUT2D eigenvalue weighted by molar-refractivity contribution is 5.81. The molecule has 4 nitrogen and oxygen atoms in total. The van der Waals surface area contributed by atoms with Gasteiger partial charge in [-0.3, -0.25) is 4.79 Å². The van der Waals surface area contributed by atoms with E-state index in [-0.39, 0.29) is 11.9 Å². The van der Waals surface area contributed by atoms with Crippen LogP contribution in [0.25, 0.3) is 0 Å². The van der Waals surface area contributed by atoms with E-state index in [0.717, 1.165) is 31.7 Å². The molecule has 1 rings (SSSR count). The summed E-state index contributed by atoms with van der Waals surface area (Å²) in [6, 6.07) is -0.349. The van der Waals surface area contributed by atoms with Gasteiger partial charge >= 0.3 is 0 Å². The maximum Gasteiger partial charge on any atom is 0.236 e. The largest absolute Gasteiger partial charge is 0.355 e. The van der Waals surface area contributed by atoms with Gasteiger partial charge in [-0.05, 0) is 63.6 Å². The van der Waals surface area contributed by atoms with Crippen molar-refractivity contribution in [3.05, 3.63) is 0 Å². The van der Waals surface area contributed by atoms with Gasteiger partial charge in [0.15, 0.2) is 0 Å². The van der Waals surface area contributed by atoms with E-state index in [4.69, 9.17) is 5.73 Å². The first kappa shape index (κ1) is 17.4. The molecule has 0 aromatic heterocycles. The van der Waals surface area contributed by atoms with Crippen molar-refractivity contribution >= 4 is 5.91 Å². The topological polar surface area (TPSA) is 58.4 Å². The van der Waals surface area contributed by atoms with Crippen LogP contribution in [0.2, 0.25) is 0 Å². The molecule has 1 atom stereocenters. The van der Waals surface area contributed by atoms with Crippen LogP contribution in [-0.4, -0.2) is 43.0 Å². The average Bonchev–Trinajstić information content (AvgIpc) is 2.39. The Morgan fingerprint density at radius 3 is 2.55 bits per heavy atom. The molecule has 1 heterocycles. The minimum Gasteiger partial charge on any atom is -0.355 e. The van der Waals surface area contributed by atoms with Crippen LogP contribution in [0.3, 0.4) is 0 Å². The van der Waals surface area contributed by atoms with E-state index >= 15 is 0 Å². The molecule has 0 spiro atoms. The minimum absolute atomic E-state index is 0.00509. The smallest absolute Gasteiger partial charge is 0.236 e. The molecule has 0 aromatic rings. The molecule has 0 unspecified atom stereocenters. The minimum atomic E-state index is -0.349. The maximum absolute atomic E-state index is 11.7. The van der Waals surface area contributed by atoms with Gasteiger partial charge in [-0.25, -0.2) is 0 Å². The Balaban J connectivity index is 2.00. The summed E-state index contributed by atoms with van der Waals surface area (Å²) in [5.74, 6) is 1.37. The summed E-state index contributed by atoms with van der Waals surface area (Å²) in [6.07, 6.45) is 5.64. The third-order valence-electron chi connectivity index (χ3n) is 4.14. The molecule has 1 amide bonds. The first-order valence-corrected chi connectivity index (χ1v) is 8.24. The van der Waals surface area contributed by atoms with E-state index in [2.05, 4.69) is 31.0 Å². The van der Waals surface area contributed by atoms with Crippen molar-refractivity contribution in [3.8, 4) is 0 Å². The van der Waals surface area contributed by atoms with Crippen LogP contribution in [0.4, 0.5) is 0 Å². The number of unbranched alkanes of at least 4 members (excludes halogenated alkanes) is 1. The molecule has 1 aliphatic rings. The number of carbonyl (C=O) groups is 1. The lowest BCUT2D eigenvalue weighted by Crippen LogP contribution is -2.41. The van der Waals surface area contributed by atoms with Crippen molar-refractivity contribution in [2.75, 3.05) is 26.2 Å². The Labute approximate surface area is 124 Å². The molecule has 0 saturated carbocycles. The number of hydrogen-bond donors (Lipinski definition) is 2. The third-order valence-corrected chi connectivity index (χ3v) is 4.14. The van der Waals surface area contributed by atoms with Gasteiger partial charge < -0.3 is 16.0 Å². The maximum atomic E-state index is 11.7. The highest BCUT2D eigenvalue weighted by atomic mass is 16.2. The molecule has 3 N–H and O–H groups in total. The van der Waals surface area contributed by atoms with Gasteiger partial charge in [-0.15, -0.1) is 0 Å². The predicted octanol–water partition coefficient (Wildman–Crippen LogP) is 1.99. The first-order chi connectivity index (χ1) is 9.49. The monoisotopic (exact) mass is 283 g/mol. The highest BCUT2D eigenvalue weighted by Gasteiger charge is 2.15. The van der Waals surface area contributed by atoms with E-state index in [1.807, 2.05) is 0 Å². The zero-order chi connectivity index (χ0) is 15.0. The van der Waals surface area contributed by atoms with Crippen molar-refractivity contribution in [1.82, 2.24) is 10.2 Å². The predicted molar refractivity (Wildman–Crippen MR) is 84.5 cm³/mol. The van der Waals surface area contributed by atoms with Crippen molar-refractivity contribution in [3.63, 3.8) is 0 Å². The van der Waals surface area contributed by atoms with E-state index in [1.54, 1.807) is 0 Å².